The van der Waals surface area contributed by atoms with E-state index in [4.69, 9.17) is 4.74 Å². The zero-order valence-corrected chi connectivity index (χ0v) is 24.6. The highest BCUT2D eigenvalue weighted by molar-refractivity contribution is 14.1. The number of halogens is 2. The summed E-state index contributed by atoms with van der Waals surface area (Å²) in [5.74, 6) is 0.721. The molecule has 1 heterocycles. The first kappa shape index (κ1) is 25.3. The molecule has 5 rings (SSSR count). The molecule has 0 aliphatic carbocycles. The molecule has 1 aliphatic rings. The molecule has 1 aliphatic heterocycles. The van der Waals surface area contributed by atoms with Crippen LogP contribution in [0.1, 0.15) is 23.6 Å². The van der Waals surface area contributed by atoms with Gasteiger partial charge in [0.2, 0.25) is 0 Å². The minimum Gasteiger partial charge on any atom is -0.487 e. The normalized spacial score (nSPS) is 15.6. The van der Waals surface area contributed by atoms with Gasteiger partial charge in [-0.1, -0.05) is 55.5 Å². The van der Waals surface area contributed by atoms with E-state index in [0.29, 0.717) is 16.7 Å². The van der Waals surface area contributed by atoms with Crippen molar-refractivity contribution in [1.82, 2.24) is 5.32 Å². The van der Waals surface area contributed by atoms with Crippen molar-refractivity contribution >= 4 is 90.6 Å². The second-order valence-electron chi connectivity index (χ2n) is 8.29. The second kappa shape index (κ2) is 11.4. The van der Waals surface area contributed by atoms with Crippen LogP contribution in [0.2, 0.25) is 0 Å². The Bertz CT molecular complexity index is 1490. The van der Waals surface area contributed by atoms with Crippen LogP contribution in [0, 0.1) is 7.14 Å². The average molecular weight is 716 g/mol. The van der Waals surface area contributed by atoms with Crippen molar-refractivity contribution in [3.05, 3.63) is 108 Å². The molecule has 0 saturated carbocycles. The number of amidine groups is 1. The number of fused-ring (bicyclic) bond motifs is 1. The Labute approximate surface area is 241 Å². The molecule has 0 aromatic heterocycles. The standard InChI is InChI=1S/C29H22I2N2O2S/c1-2-18-8-11-23(12-9-18)32-29-33-28(34)26(36-29)16-20-14-24(30)27(25(31)15-20)35-17-19-7-10-21-5-3-4-6-22(21)13-19/h3-16H,2,17H2,1H3,(H,32,33,34)/b26-16-. The molecule has 0 spiro atoms. The summed E-state index contributed by atoms with van der Waals surface area (Å²) < 4.78 is 8.21. The lowest BCUT2D eigenvalue weighted by molar-refractivity contribution is -0.115. The SMILES string of the molecule is CCc1ccc(N=C2NC(=O)/C(=C/c3cc(I)c(OCc4ccc5ccccc5c4)c(I)c3)S2)cc1. The third kappa shape index (κ3) is 5.95. The largest absolute Gasteiger partial charge is 0.487 e. The van der Waals surface area contributed by atoms with Gasteiger partial charge in [-0.05, 0) is 127 Å². The predicted molar refractivity (Wildman–Crippen MR) is 167 cm³/mol. The van der Waals surface area contributed by atoms with Gasteiger partial charge in [-0.3, -0.25) is 4.79 Å². The third-order valence-corrected chi connectivity index (χ3v) is 8.25. The number of benzene rings is 4. The van der Waals surface area contributed by atoms with Gasteiger partial charge in [0.05, 0.1) is 17.7 Å². The fraction of sp³-hybridized carbons (Fsp3) is 0.103. The van der Waals surface area contributed by atoms with E-state index >= 15 is 0 Å². The highest BCUT2D eigenvalue weighted by Crippen LogP contribution is 2.33. The molecule has 7 heteroatoms. The Morgan fingerprint density at radius 1 is 0.917 bits per heavy atom. The van der Waals surface area contributed by atoms with Gasteiger partial charge in [0.15, 0.2) is 5.17 Å². The average Bonchev–Trinajstić information content (AvgIpc) is 3.22. The monoisotopic (exact) mass is 716 g/mol. The zero-order chi connectivity index (χ0) is 25.1. The minimum atomic E-state index is -0.134. The number of aliphatic imine (C=N–C) groups is 1. The van der Waals surface area contributed by atoms with Crippen molar-refractivity contribution in [2.24, 2.45) is 4.99 Å². The van der Waals surface area contributed by atoms with Gasteiger partial charge in [0.25, 0.3) is 5.91 Å². The van der Waals surface area contributed by atoms with Crippen LogP contribution in [0.15, 0.2) is 88.8 Å². The van der Waals surface area contributed by atoms with Gasteiger partial charge >= 0.3 is 0 Å². The quantitative estimate of drug-likeness (QED) is 0.162. The lowest BCUT2D eigenvalue weighted by atomic mass is 10.1. The first-order valence-electron chi connectivity index (χ1n) is 11.5. The summed E-state index contributed by atoms with van der Waals surface area (Å²) in [6, 6.07) is 26.9. The number of carbonyl (C=O) groups is 1. The Morgan fingerprint density at radius 2 is 1.61 bits per heavy atom. The van der Waals surface area contributed by atoms with Crippen LogP contribution < -0.4 is 10.1 Å². The van der Waals surface area contributed by atoms with Crippen LogP contribution in [0.25, 0.3) is 16.8 Å². The van der Waals surface area contributed by atoms with Gasteiger partial charge in [-0.25, -0.2) is 4.99 Å². The lowest BCUT2D eigenvalue weighted by Crippen LogP contribution is -2.19. The Kier molecular flexibility index (Phi) is 7.97. The van der Waals surface area contributed by atoms with Gasteiger partial charge < -0.3 is 10.1 Å². The van der Waals surface area contributed by atoms with E-state index in [0.717, 1.165) is 36.1 Å². The van der Waals surface area contributed by atoms with E-state index in [2.05, 4.69) is 105 Å². The molecule has 0 unspecified atom stereocenters. The Morgan fingerprint density at radius 3 is 2.33 bits per heavy atom. The van der Waals surface area contributed by atoms with Gasteiger partial charge in [0.1, 0.15) is 12.4 Å². The summed E-state index contributed by atoms with van der Waals surface area (Å²) >= 11 is 5.95. The zero-order valence-electron chi connectivity index (χ0n) is 19.4. The van der Waals surface area contributed by atoms with Gasteiger partial charge in [0, 0.05) is 0 Å². The molecule has 4 aromatic carbocycles. The van der Waals surface area contributed by atoms with Crippen LogP contribution >= 0.6 is 56.9 Å². The molecular formula is C29H22I2N2O2S. The van der Waals surface area contributed by atoms with Crippen molar-refractivity contribution in [3.63, 3.8) is 0 Å². The maximum absolute atomic E-state index is 12.6. The van der Waals surface area contributed by atoms with E-state index in [1.165, 1.54) is 28.1 Å². The van der Waals surface area contributed by atoms with E-state index in [-0.39, 0.29) is 5.91 Å². The Hall–Kier alpha value is -2.37. The smallest absolute Gasteiger partial charge is 0.264 e. The molecule has 4 nitrogen and oxygen atoms in total. The molecule has 36 heavy (non-hydrogen) atoms. The number of hydrogen-bond acceptors (Lipinski definition) is 4. The van der Waals surface area contributed by atoms with Crippen molar-refractivity contribution in [1.29, 1.82) is 0 Å². The molecular weight excluding hydrogens is 694 g/mol. The molecule has 180 valence electrons. The van der Waals surface area contributed by atoms with Crippen molar-refractivity contribution < 1.29 is 9.53 Å². The first-order valence-corrected chi connectivity index (χ1v) is 14.4. The summed E-state index contributed by atoms with van der Waals surface area (Å²) in [5.41, 5.74) is 4.17. The highest BCUT2D eigenvalue weighted by Gasteiger charge is 2.24. The summed E-state index contributed by atoms with van der Waals surface area (Å²) in [5, 5.41) is 5.89. The van der Waals surface area contributed by atoms with Crippen molar-refractivity contribution in [3.8, 4) is 5.75 Å². The number of nitrogens with one attached hydrogen (secondary N) is 1. The predicted octanol–water partition coefficient (Wildman–Crippen LogP) is 8.08. The van der Waals surface area contributed by atoms with E-state index in [9.17, 15) is 4.79 Å². The van der Waals surface area contributed by atoms with E-state index in [1.54, 1.807) is 0 Å². The topological polar surface area (TPSA) is 50.7 Å². The number of amides is 1. The summed E-state index contributed by atoms with van der Waals surface area (Å²) in [4.78, 5) is 17.8. The number of thioether (sulfide) groups is 1. The summed E-state index contributed by atoms with van der Waals surface area (Å²) in [6.45, 7) is 2.62. The number of hydrogen-bond donors (Lipinski definition) is 1. The van der Waals surface area contributed by atoms with Crippen LogP contribution in [0.4, 0.5) is 5.69 Å². The molecule has 1 fully saturated rings. The minimum absolute atomic E-state index is 0.134. The fourth-order valence-electron chi connectivity index (χ4n) is 3.84. The van der Waals surface area contributed by atoms with Gasteiger partial charge in [-0.2, -0.15) is 0 Å². The Balaban J connectivity index is 1.30. The van der Waals surface area contributed by atoms with E-state index in [1.807, 2.05) is 42.5 Å². The van der Waals surface area contributed by atoms with Crippen molar-refractivity contribution in [2.45, 2.75) is 20.0 Å². The first-order chi connectivity index (χ1) is 17.5. The lowest BCUT2D eigenvalue weighted by Gasteiger charge is -2.12. The van der Waals surface area contributed by atoms with Gasteiger partial charge in [-0.15, -0.1) is 0 Å². The molecule has 0 bridgehead atoms. The maximum atomic E-state index is 12.6. The number of ether oxygens (including phenoxy) is 1. The number of carbonyl (C=O) groups excluding carboxylic acids is 1. The van der Waals surface area contributed by atoms with Crippen LogP contribution in [-0.4, -0.2) is 11.1 Å². The number of nitrogens with zero attached hydrogens (tertiary/aromatic N) is 1. The molecule has 4 aromatic rings. The van der Waals surface area contributed by atoms with Crippen LogP contribution in [0.5, 0.6) is 5.75 Å². The molecule has 0 atom stereocenters. The maximum Gasteiger partial charge on any atom is 0.264 e. The molecule has 1 N–H and O–H groups in total. The summed E-state index contributed by atoms with van der Waals surface area (Å²) in [6.07, 6.45) is 2.89. The van der Waals surface area contributed by atoms with Crippen LogP contribution in [0.3, 0.4) is 0 Å². The highest BCUT2D eigenvalue weighted by atomic mass is 127. The summed E-state index contributed by atoms with van der Waals surface area (Å²) in [7, 11) is 0. The third-order valence-electron chi connectivity index (χ3n) is 5.74. The molecule has 1 saturated heterocycles. The fourth-order valence-corrected chi connectivity index (χ4v) is 6.81. The van der Waals surface area contributed by atoms with Crippen LogP contribution in [-0.2, 0) is 17.8 Å². The van der Waals surface area contributed by atoms with E-state index < -0.39 is 0 Å². The second-order valence-corrected chi connectivity index (χ2v) is 11.6. The molecule has 0 radical (unpaired) electrons. The molecule has 1 amide bonds. The number of aryl methyl sites for hydroxylation is 1. The van der Waals surface area contributed by atoms with Crippen molar-refractivity contribution in [2.75, 3.05) is 0 Å². The number of rotatable bonds is 6.